The van der Waals surface area contributed by atoms with Crippen LogP contribution in [0.25, 0.3) is 0 Å². The van der Waals surface area contributed by atoms with Crippen LogP contribution in [0.2, 0.25) is 0 Å². The van der Waals surface area contributed by atoms with Crippen molar-refractivity contribution in [1.82, 2.24) is 5.32 Å². The average molecular weight is 252 g/mol. The number of hydrogen-bond acceptors (Lipinski definition) is 3. The molecule has 0 bridgehead atoms. The van der Waals surface area contributed by atoms with Crippen molar-refractivity contribution in [2.75, 3.05) is 19.0 Å². The van der Waals surface area contributed by atoms with Crippen LogP contribution in [-0.4, -0.2) is 30.9 Å². The Hall–Kier alpha value is -0.580. The van der Waals surface area contributed by atoms with Crippen LogP contribution in [0.15, 0.2) is 0 Å². The number of Topliss-reactive ketones (excluding diaryl/α,β-unsaturated/α-hetero) is 1. The van der Waals surface area contributed by atoms with Crippen LogP contribution in [0.4, 0.5) is 4.79 Å². The molecule has 1 N–H and O–H groups in total. The molecular weight excluding hydrogens is 238 g/mol. The van der Waals surface area contributed by atoms with Crippen molar-refractivity contribution in [3.8, 4) is 0 Å². The van der Waals surface area contributed by atoms with Crippen molar-refractivity contribution in [3.05, 3.63) is 0 Å². The van der Waals surface area contributed by atoms with Crippen LogP contribution >= 0.6 is 15.9 Å². The van der Waals surface area contributed by atoms with E-state index in [1.54, 1.807) is 0 Å². The van der Waals surface area contributed by atoms with Crippen LogP contribution in [0.1, 0.15) is 13.3 Å². The van der Waals surface area contributed by atoms with Crippen LogP contribution in [-0.2, 0) is 9.53 Å². The van der Waals surface area contributed by atoms with Gasteiger partial charge < -0.3 is 10.1 Å². The molecular formula is C8H14BrNO3. The third-order valence-electron chi connectivity index (χ3n) is 1.76. The van der Waals surface area contributed by atoms with Crippen molar-refractivity contribution in [2.24, 2.45) is 5.92 Å². The lowest BCUT2D eigenvalue weighted by Gasteiger charge is -2.12. The fourth-order valence-corrected chi connectivity index (χ4v) is 1.33. The second kappa shape index (κ2) is 6.88. The van der Waals surface area contributed by atoms with Crippen LogP contribution < -0.4 is 5.32 Å². The minimum atomic E-state index is -0.499. The summed E-state index contributed by atoms with van der Waals surface area (Å²) in [5.74, 6) is -0.0302. The monoisotopic (exact) mass is 251 g/mol. The fraction of sp³-hybridized carbons (Fsp3) is 0.750. The second-order valence-electron chi connectivity index (χ2n) is 2.58. The van der Waals surface area contributed by atoms with E-state index >= 15 is 0 Å². The van der Waals surface area contributed by atoms with Crippen molar-refractivity contribution in [1.29, 1.82) is 0 Å². The van der Waals surface area contributed by atoms with E-state index in [4.69, 9.17) is 0 Å². The van der Waals surface area contributed by atoms with E-state index in [0.29, 0.717) is 18.3 Å². The molecule has 0 aliphatic heterocycles. The standard InChI is InChI=1S/C8H14BrNO3/c1-3-6(7(11)4-9)5-10-8(12)13-2/h6H,3-5H2,1-2H3,(H,10,12). The SMILES string of the molecule is CCC(CNC(=O)OC)C(=O)CBr. The number of carbonyl (C=O) groups excluding carboxylic acids is 2. The molecule has 1 atom stereocenters. The molecule has 0 saturated carbocycles. The highest BCUT2D eigenvalue weighted by Crippen LogP contribution is 2.04. The molecule has 5 heteroatoms. The highest BCUT2D eigenvalue weighted by atomic mass is 79.9. The molecule has 0 aliphatic carbocycles. The predicted molar refractivity (Wildman–Crippen MR) is 53.0 cm³/mol. The maximum atomic E-state index is 11.2. The summed E-state index contributed by atoms with van der Waals surface area (Å²) in [6.07, 6.45) is 0.217. The largest absolute Gasteiger partial charge is 0.453 e. The van der Waals surface area contributed by atoms with Crippen molar-refractivity contribution in [2.45, 2.75) is 13.3 Å². The van der Waals surface area contributed by atoms with Gasteiger partial charge >= 0.3 is 6.09 Å². The molecule has 0 aromatic carbocycles. The summed E-state index contributed by atoms with van der Waals surface area (Å²) in [7, 11) is 1.29. The molecule has 0 fully saturated rings. The van der Waals surface area contributed by atoms with Crippen LogP contribution in [0.5, 0.6) is 0 Å². The molecule has 0 spiro atoms. The Balaban J connectivity index is 3.85. The summed E-state index contributed by atoms with van der Waals surface area (Å²) in [6.45, 7) is 2.25. The molecule has 0 aromatic heterocycles. The Kier molecular flexibility index (Phi) is 6.58. The number of amides is 1. The number of hydrogen-bond donors (Lipinski definition) is 1. The number of carbonyl (C=O) groups is 2. The number of nitrogens with one attached hydrogen (secondary N) is 1. The number of rotatable bonds is 5. The maximum Gasteiger partial charge on any atom is 0.406 e. The minimum Gasteiger partial charge on any atom is -0.453 e. The topological polar surface area (TPSA) is 55.4 Å². The van der Waals surface area contributed by atoms with Gasteiger partial charge in [0.15, 0.2) is 0 Å². The summed E-state index contributed by atoms with van der Waals surface area (Å²) in [6, 6.07) is 0. The molecule has 0 heterocycles. The number of alkyl halides is 1. The van der Waals surface area contributed by atoms with E-state index in [0.717, 1.165) is 0 Å². The first-order chi connectivity index (χ1) is 6.15. The molecule has 0 rings (SSSR count). The van der Waals surface area contributed by atoms with Gasteiger partial charge in [0.05, 0.1) is 12.4 Å². The van der Waals surface area contributed by atoms with Gasteiger partial charge in [-0.15, -0.1) is 0 Å². The smallest absolute Gasteiger partial charge is 0.406 e. The third kappa shape index (κ3) is 4.87. The minimum absolute atomic E-state index is 0.0962. The molecule has 13 heavy (non-hydrogen) atoms. The van der Waals surface area contributed by atoms with Gasteiger partial charge in [0.2, 0.25) is 0 Å². The van der Waals surface area contributed by atoms with Gasteiger partial charge in [0.1, 0.15) is 5.78 Å². The molecule has 1 amide bonds. The normalized spacial score (nSPS) is 11.9. The van der Waals surface area contributed by atoms with E-state index < -0.39 is 6.09 Å². The summed E-state index contributed by atoms with van der Waals surface area (Å²) in [5.41, 5.74) is 0. The Morgan fingerprint density at radius 1 is 1.54 bits per heavy atom. The van der Waals surface area contributed by atoms with Gasteiger partial charge in [-0.1, -0.05) is 22.9 Å². The first-order valence-corrected chi connectivity index (χ1v) is 5.18. The van der Waals surface area contributed by atoms with E-state index in [1.807, 2.05) is 6.92 Å². The highest BCUT2D eigenvalue weighted by Gasteiger charge is 2.15. The van der Waals surface area contributed by atoms with Crippen molar-refractivity contribution in [3.63, 3.8) is 0 Å². The van der Waals surface area contributed by atoms with Gasteiger partial charge in [-0.25, -0.2) is 4.79 Å². The lowest BCUT2D eigenvalue weighted by molar-refractivity contribution is -0.120. The van der Waals surface area contributed by atoms with E-state index in [2.05, 4.69) is 26.0 Å². The van der Waals surface area contributed by atoms with Crippen molar-refractivity contribution >= 4 is 27.8 Å². The Morgan fingerprint density at radius 3 is 2.54 bits per heavy atom. The third-order valence-corrected chi connectivity index (χ3v) is 2.31. The number of halogens is 1. The highest BCUT2D eigenvalue weighted by molar-refractivity contribution is 9.09. The fourth-order valence-electron chi connectivity index (χ4n) is 0.874. The van der Waals surface area contributed by atoms with Crippen LogP contribution in [0, 0.1) is 5.92 Å². The van der Waals surface area contributed by atoms with E-state index in [9.17, 15) is 9.59 Å². The quantitative estimate of drug-likeness (QED) is 0.751. The molecule has 0 saturated heterocycles. The van der Waals surface area contributed by atoms with Gasteiger partial charge in [-0.3, -0.25) is 4.79 Å². The van der Waals surface area contributed by atoms with Gasteiger partial charge in [0, 0.05) is 12.5 Å². The Labute approximate surface area is 86.1 Å². The van der Waals surface area contributed by atoms with E-state index in [-0.39, 0.29) is 11.7 Å². The van der Waals surface area contributed by atoms with Crippen LogP contribution in [0.3, 0.4) is 0 Å². The lowest BCUT2D eigenvalue weighted by atomic mass is 10.0. The summed E-state index contributed by atoms with van der Waals surface area (Å²) < 4.78 is 4.39. The average Bonchev–Trinajstić information content (AvgIpc) is 2.17. The molecule has 1 unspecified atom stereocenters. The molecule has 76 valence electrons. The number of alkyl carbamates (subject to hydrolysis) is 1. The zero-order chi connectivity index (χ0) is 10.3. The zero-order valence-corrected chi connectivity index (χ0v) is 9.39. The predicted octanol–water partition coefficient (Wildman–Crippen LogP) is 1.33. The maximum absolute atomic E-state index is 11.2. The molecule has 4 nitrogen and oxygen atoms in total. The molecule has 0 aromatic rings. The van der Waals surface area contributed by atoms with E-state index in [1.165, 1.54) is 7.11 Å². The summed E-state index contributed by atoms with van der Waals surface area (Å²) >= 11 is 3.09. The molecule has 0 aliphatic rings. The van der Waals surface area contributed by atoms with Crippen molar-refractivity contribution < 1.29 is 14.3 Å². The Morgan fingerprint density at radius 2 is 2.15 bits per heavy atom. The van der Waals surface area contributed by atoms with Gasteiger partial charge in [-0.05, 0) is 6.42 Å². The second-order valence-corrected chi connectivity index (χ2v) is 3.14. The first kappa shape index (κ1) is 12.4. The zero-order valence-electron chi connectivity index (χ0n) is 7.80. The van der Waals surface area contributed by atoms with Gasteiger partial charge in [0.25, 0.3) is 0 Å². The molecule has 0 radical (unpaired) electrons. The summed E-state index contributed by atoms with van der Waals surface area (Å²) in [5, 5.41) is 2.82. The lowest BCUT2D eigenvalue weighted by Crippen LogP contribution is -2.33. The number of ether oxygens (including phenoxy) is 1. The first-order valence-electron chi connectivity index (χ1n) is 4.06. The Bertz CT molecular complexity index is 184. The number of ketones is 1. The number of methoxy groups -OCH3 is 1. The summed E-state index contributed by atoms with van der Waals surface area (Å²) in [4.78, 5) is 21.9. The van der Waals surface area contributed by atoms with Gasteiger partial charge in [-0.2, -0.15) is 0 Å².